The van der Waals surface area contributed by atoms with Crippen LogP contribution in [0, 0.1) is 15.9 Å². The molecule has 0 aliphatic carbocycles. The lowest BCUT2D eigenvalue weighted by Gasteiger charge is -2.19. The fraction of sp³-hybridized carbons (Fsp3) is 0.357. The van der Waals surface area contributed by atoms with Crippen molar-refractivity contribution in [1.29, 1.82) is 0 Å². The van der Waals surface area contributed by atoms with E-state index < -0.39 is 55.6 Å². The molecule has 1 atom stereocenters. The molecule has 0 aromatic heterocycles. The maximum absolute atomic E-state index is 14.2. The molecule has 0 spiro atoms. The van der Waals surface area contributed by atoms with E-state index in [4.69, 9.17) is 0 Å². The minimum atomic E-state index is -5.14. The number of nitrogens with zero attached hydrogens (tertiary/aromatic N) is 2. The van der Waals surface area contributed by atoms with E-state index in [1.165, 1.54) is 0 Å². The van der Waals surface area contributed by atoms with Gasteiger partial charge in [-0.3, -0.25) is 10.1 Å². The molecule has 1 aromatic carbocycles. The summed E-state index contributed by atoms with van der Waals surface area (Å²) < 4.78 is 67.8. The average Bonchev–Trinajstić information content (AvgIpc) is 2.42. The maximum atomic E-state index is 14.2. The van der Waals surface area contributed by atoms with Gasteiger partial charge in [0.25, 0.3) is 5.69 Å². The van der Waals surface area contributed by atoms with E-state index in [0.29, 0.717) is 6.07 Å². The van der Waals surface area contributed by atoms with Crippen molar-refractivity contribution in [2.24, 2.45) is 4.40 Å². The van der Waals surface area contributed by atoms with Gasteiger partial charge in [0.1, 0.15) is 27.6 Å². The number of rotatable bonds is 4. The van der Waals surface area contributed by atoms with Crippen LogP contribution in [0.1, 0.15) is 31.9 Å². The van der Waals surface area contributed by atoms with Gasteiger partial charge in [0.05, 0.1) is 10.5 Å². The summed E-state index contributed by atoms with van der Waals surface area (Å²) in [5, 5.41) is 10.8. The smallest absolute Gasteiger partial charge is 0.419 e. The highest BCUT2D eigenvalue weighted by Gasteiger charge is 2.38. The topological polar surface area (TPSA) is 78.6 Å². The molecule has 0 bridgehead atoms. The van der Waals surface area contributed by atoms with Gasteiger partial charge in [-0.05, 0) is 26.8 Å². The summed E-state index contributed by atoms with van der Waals surface area (Å²) in [5.74, 6) is -1.74. The summed E-state index contributed by atoms with van der Waals surface area (Å²) >= 11 is -1.92. The minimum absolute atomic E-state index is 0.0975. The molecule has 24 heavy (non-hydrogen) atoms. The number of alkyl halides is 3. The zero-order chi connectivity index (χ0) is 18.9. The lowest BCUT2D eigenvalue weighted by atomic mass is 10.0. The molecule has 132 valence electrons. The summed E-state index contributed by atoms with van der Waals surface area (Å²) in [4.78, 5) is 9.74. The van der Waals surface area contributed by atoms with Crippen molar-refractivity contribution < 1.29 is 27.0 Å². The summed E-state index contributed by atoms with van der Waals surface area (Å²) in [6.45, 7) is 7.96. The molecule has 0 N–H and O–H groups in total. The highest BCUT2D eigenvalue weighted by atomic mass is 32.2. The van der Waals surface area contributed by atoms with Crippen LogP contribution in [0.5, 0.6) is 0 Å². The van der Waals surface area contributed by atoms with Crippen molar-refractivity contribution in [2.75, 3.05) is 0 Å². The standard InChI is InChI=1S/C14H14F4N2O3S/c1-5-11(19-24(23)13(2,3)4)9-6-8(20(21)22)7-10(12(9)15)14(16,17)18/h5-7H,1H2,2-4H3. The van der Waals surface area contributed by atoms with Crippen LogP contribution in [0.15, 0.2) is 29.2 Å². The van der Waals surface area contributed by atoms with E-state index in [1.54, 1.807) is 20.8 Å². The second-order valence-electron chi connectivity index (χ2n) is 5.65. The number of allylic oxidation sites excluding steroid dienone is 1. The first-order valence-electron chi connectivity index (χ1n) is 6.47. The minimum Gasteiger partial charge on any atom is -0.591 e. The zero-order valence-electron chi connectivity index (χ0n) is 13.0. The molecule has 1 unspecified atom stereocenters. The lowest BCUT2D eigenvalue weighted by Crippen LogP contribution is -2.27. The molecule has 0 aliphatic rings. The van der Waals surface area contributed by atoms with Crippen LogP contribution >= 0.6 is 0 Å². The quantitative estimate of drug-likeness (QED) is 0.263. The average molecular weight is 366 g/mol. The molecule has 0 fully saturated rings. The number of halogens is 4. The molecular formula is C14H14F4N2O3S. The van der Waals surface area contributed by atoms with E-state index >= 15 is 0 Å². The number of nitro benzene ring substituents is 1. The molecule has 10 heteroatoms. The van der Waals surface area contributed by atoms with Gasteiger partial charge >= 0.3 is 6.18 Å². The van der Waals surface area contributed by atoms with Crippen LogP contribution in [-0.4, -0.2) is 19.9 Å². The molecule has 0 amide bonds. The largest absolute Gasteiger partial charge is 0.591 e. The Kier molecular flexibility index (Phi) is 5.78. The number of hydrogen-bond acceptors (Lipinski definition) is 4. The summed E-state index contributed by atoms with van der Waals surface area (Å²) in [5.41, 5.74) is -4.02. The summed E-state index contributed by atoms with van der Waals surface area (Å²) in [7, 11) is 0. The van der Waals surface area contributed by atoms with Crippen LogP contribution < -0.4 is 0 Å². The highest BCUT2D eigenvalue weighted by Crippen LogP contribution is 2.36. The van der Waals surface area contributed by atoms with Gasteiger partial charge in [-0.1, -0.05) is 11.0 Å². The Balaban J connectivity index is 3.67. The molecule has 0 aliphatic heterocycles. The van der Waals surface area contributed by atoms with Gasteiger partial charge in [0.15, 0.2) is 0 Å². The lowest BCUT2D eigenvalue weighted by molar-refractivity contribution is -0.385. The Hall–Kier alpha value is -1.94. The van der Waals surface area contributed by atoms with Gasteiger partial charge in [-0.15, -0.1) is 0 Å². The number of hydrogen-bond donors (Lipinski definition) is 0. The first-order chi connectivity index (χ1) is 10.8. The second-order valence-corrected chi connectivity index (χ2v) is 7.56. The molecular weight excluding hydrogens is 352 g/mol. The molecule has 0 radical (unpaired) electrons. The Morgan fingerprint density at radius 2 is 1.88 bits per heavy atom. The highest BCUT2D eigenvalue weighted by molar-refractivity contribution is 7.91. The summed E-state index contributed by atoms with van der Waals surface area (Å²) in [6, 6.07) is 0.700. The first kappa shape index (κ1) is 20.1. The third-order valence-corrected chi connectivity index (χ3v) is 4.16. The molecule has 0 saturated carbocycles. The molecule has 5 nitrogen and oxygen atoms in total. The van der Waals surface area contributed by atoms with E-state index in [1.807, 2.05) is 0 Å². The van der Waals surface area contributed by atoms with Gasteiger partial charge < -0.3 is 4.55 Å². The van der Waals surface area contributed by atoms with Gasteiger partial charge in [0, 0.05) is 17.7 Å². The van der Waals surface area contributed by atoms with Gasteiger partial charge in [0.2, 0.25) is 0 Å². The molecule has 0 heterocycles. The van der Waals surface area contributed by atoms with Crippen LogP contribution in [0.3, 0.4) is 0 Å². The normalized spacial score (nSPS) is 14.4. The van der Waals surface area contributed by atoms with Crippen molar-refractivity contribution in [2.45, 2.75) is 31.7 Å². The Morgan fingerprint density at radius 1 is 1.33 bits per heavy atom. The van der Waals surface area contributed by atoms with Crippen LogP contribution in [0.2, 0.25) is 0 Å². The molecule has 1 rings (SSSR count). The third kappa shape index (κ3) is 4.54. The van der Waals surface area contributed by atoms with Crippen LogP contribution in [0.25, 0.3) is 0 Å². The SMILES string of the molecule is C=CC(=N[S+]([O-])C(C)(C)C)c1cc([N+](=O)[O-])cc(C(F)(F)F)c1F. The zero-order valence-corrected chi connectivity index (χ0v) is 13.8. The Bertz CT molecular complexity index is 696. The summed E-state index contributed by atoms with van der Waals surface area (Å²) in [6.07, 6.45) is -4.24. The van der Waals surface area contributed by atoms with Crippen molar-refractivity contribution in [3.8, 4) is 0 Å². The molecule has 1 aromatic rings. The second kappa shape index (κ2) is 6.89. The number of nitro groups is 1. The van der Waals surface area contributed by atoms with Gasteiger partial charge in [-0.25, -0.2) is 4.39 Å². The first-order valence-corrected chi connectivity index (χ1v) is 7.58. The number of non-ortho nitro benzene ring substituents is 1. The fourth-order valence-electron chi connectivity index (χ4n) is 1.53. The predicted octanol–water partition coefficient (Wildman–Crippen LogP) is 4.19. The van der Waals surface area contributed by atoms with E-state index in [2.05, 4.69) is 11.0 Å². The van der Waals surface area contributed by atoms with Crippen molar-refractivity contribution in [3.05, 3.63) is 51.8 Å². The van der Waals surface area contributed by atoms with Crippen molar-refractivity contribution >= 4 is 22.8 Å². The van der Waals surface area contributed by atoms with Gasteiger partial charge in [-0.2, -0.15) is 13.2 Å². The van der Waals surface area contributed by atoms with Crippen LogP contribution in [0.4, 0.5) is 23.2 Å². The third-order valence-electron chi connectivity index (χ3n) is 2.75. The van der Waals surface area contributed by atoms with Crippen LogP contribution in [-0.2, 0) is 17.5 Å². The monoisotopic (exact) mass is 366 g/mol. The Labute approximate surface area is 138 Å². The van der Waals surface area contributed by atoms with Crippen molar-refractivity contribution in [1.82, 2.24) is 0 Å². The molecule has 0 saturated heterocycles. The Morgan fingerprint density at radius 3 is 2.25 bits per heavy atom. The maximum Gasteiger partial charge on any atom is 0.419 e. The van der Waals surface area contributed by atoms with E-state index in [-0.39, 0.29) is 6.07 Å². The van der Waals surface area contributed by atoms with E-state index in [0.717, 1.165) is 6.08 Å². The predicted molar refractivity (Wildman–Crippen MR) is 82.7 cm³/mol. The van der Waals surface area contributed by atoms with Crippen molar-refractivity contribution in [3.63, 3.8) is 0 Å². The number of benzene rings is 1. The van der Waals surface area contributed by atoms with E-state index in [9.17, 15) is 32.2 Å². The fourth-order valence-corrected chi connectivity index (χ4v) is 2.16.